The first-order valence-electron chi connectivity index (χ1n) is 19.4. The van der Waals surface area contributed by atoms with Crippen LogP contribution in [0.25, 0.3) is 32.9 Å². The third-order valence-electron chi connectivity index (χ3n) is 13.2. The van der Waals surface area contributed by atoms with E-state index >= 15 is 4.39 Å². The quantitative estimate of drug-likeness (QED) is 0.204. The van der Waals surface area contributed by atoms with Gasteiger partial charge in [-0.25, -0.2) is 8.78 Å². The summed E-state index contributed by atoms with van der Waals surface area (Å²) in [6.45, 7) is 5.77. The number of phenolic OH excluding ortho intramolecular Hbond substituents is 1. The fourth-order valence-corrected chi connectivity index (χ4v) is 10.5. The largest absolute Gasteiger partial charge is 0.508 e. The Hall–Kier alpha value is -4.11. The molecule has 9 nitrogen and oxygen atoms in total. The van der Waals surface area contributed by atoms with Gasteiger partial charge in [0.2, 0.25) is 0 Å². The van der Waals surface area contributed by atoms with E-state index in [0.717, 1.165) is 58.3 Å². The van der Waals surface area contributed by atoms with Crippen LogP contribution in [0.3, 0.4) is 0 Å². The molecule has 3 saturated heterocycles. The average Bonchev–Trinajstić information content (AvgIpc) is 3.68. The average molecular weight is 724 g/mol. The lowest BCUT2D eigenvalue weighted by atomic mass is 9.74. The molecule has 0 bridgehead atoms. The zero-order valence-corrected chi connectivity index (χ0v) is 30.2. The number of nitrogens with zero attached hydrogens (tertiary/aromatic N) is 5. The number of halogens is 2. The monoisotopic (exact) mass is 723 g/mol. The van der Waals surface area contributed by atoms with Gasteiger partial charge in [-0.2, -0.15) is 9.97 Å². The van der Waals surface area contributed by atoms with Crippen LogP contribution in [0.15, 0.2) is 30.5 Å². The van der Waals surface area contributed by atoms with E-state index in [0.29, 0.717) is 72.4 Å². The summed E-state index contributed by atoms with van der Waals surface area (Å²) in [5.41, 5.74) is 0.535. The van der Waals surface area contributed by atoms with Crippen molar-refractivity contribution < 1.29 is 28.1 Å². The number of fused-ring (bicyclic) bond motifs is 3. The molecule has 3 aliphatic heterocycles. The van der Waals surface area contributed by atoms with E-state index in [1.165, 1.54) is 56.4 Å². The van der Waals surface area contributed by atoms with Crippen molar-refractivity contribution in [3.05, 3.63) is 47.7 Å². The number of aromatic hydroxyl groups is 1. The van der Waals surface area contributed by atoms with Gasteiger partial charge in [0.25, 0.3) is 0 Å². The van der Waals surface area contributed by atoms with E-state index in [1.807, 2.05) is 0 Å². The van der Waals surface area contributed by atoms with E-state index < -0.39 is 11.6 Å². The zero-order chi connectivity index (χ0) is 36.2. The van der Waals surface area contributed by atoms with Crippen LogP contribution in [-0.4, -0.2) is 89.7 Å². The summed E-state index contributed by atoms with van der Waals surface area (Å²) in [4.78, 5) is 19.2. The summed E-state index contributed by atoms with van der Waals surface area (Å²) in [5.74, 6) is 1.51. The molecule has 3 atom stereocenters. The summed E-state index contributed by atoms with van der Waals surface area (Å²) in [7, 11) is 0. The van der Waals surface area contributed by atoms with Gasteiger partial charge < -0.3 is 24.2 Å². The van der Waals surface area contributed by atoms with Crippen LogP contribution >= 0.6 is 0 Å². The molecule has 1 unspecified atom stereocenters. The summed E-state index contributed by atoms with van der Waals surface area (Å²) in [6, 6.07) is 6.77. The fraction of sp³-hybridized carbons (Fsp3) is 0.548. The van der Waals surface area contributed by atoms with Crippen molar-refractivity contribution in [1.29, 1.82) is 0 Å². The van der Waals surface area contributed by atoms with E-state index in [-0.39, 0.29) is 39.5 Å². The minimum Gasteiger partial charge on any atom is -0.508 e. The Kier molecular flexibility index (Phi) is 9.12. The van der Waals surface area contributed by atoms with Gasteiger partial charge in [0.1, 0.15) is 28.6 Å². The third kappa shape index (κ3) is 6.17. The second-order valence-electron chi connectivity index (χ2n) is 16.0. The van der Waals surface area contributed by atoms with Gasteiger partial charge in [-0.05, 0) is 99.8 Å². The molecule has 9 rings (SSSR count). The second kappa shape index (κ2) is 13.9. The highest BCUT2D eigenvalue weighted by Gasteiger charge is 2.52. The van der Waals surface area contributed by atoms with Crippen LogP contribution in [0.4, 0.5) is 14.6 Å². The minimum absolute atomic E-state index is 0.0171. The molecule has 1 N–H and O–H groups in total. The zero-order valence-electron chi connectivity index (χ0n) is 30.2. The summed E-state index contributed by atoms with van der Waals surface area (Å²) in [6.07, 6.45) is 19.9. The molecule has 278 valence electrons. The van der Waals surface area contributed by atoms with Crippen LogP contribution in [0.1, 0.15) is 76.2 Å². The molecule has 5 heterocycles. The van der Waals surface area contributed by atoms with E-state index in [1.54, 1.807) is 6.20 Å². The molecule has 2 saturated carbocycles. The van der Waals surface area contributed by atoms with Crippen molar-refractivity contribution in [2.45, 2.75) is 82.7 Å². The van der Waals surface area contributed by atoms with Crippen molar-refractivity contribution in [3.63, 3.8) is 0 Å². The number of aromatic nitrogens is 3. The molecular formula is C42H47F2N5O4. The second-order valence-corrected chi connectivity index (χ2v) is 16.0. The van der Waals surface area contributed by atoms with Gasteiger partial charge >= 0.3 is 6.01 Å². The fourth-order valence-electron chi connectivity index (χ4n) is 10.5. The van der Waals surface area contributed by atoms with Crippen LogP contribution in [0, 0.1) is 34.8 Å². The van der Waals surface area contributed by atoms with Gasteiger partial charge in [0.05, 0.1) is 24.2 Å². The molecule has 4 aromatic rings. The number of benzene rings is 2. The van der Waals surface area contributed by atoms with Crippen molar-refractivity contribution in [1.82, 2.24) is 19.9 Å². The van der Waals surface area contributed by atoms with Gasteiger partial charge in [0.15, 0.2) is 5.82 Å². The smallest absolute Gasteiger partial charge is 0.319 e. The van der Waals surface area contributed by atoms with Crippen molar-refractivity contribution in [2.24, 2.45) is 10.8 Å². The van der Waals surface area contributed by atoms with Gasteiger partial charge in [-0.1, -0.05) is 18.4 Å². The molecule has 53 heavy (non-hydrogen) atoms. The number of hydrogen-bond donors (Lipinski definition) is 1. The molecule has 11 heteroatoms. The van der Waals surface area contributed by atoms with E-state index in [2.05, 4.69) is 20.7 Å². The van der Waals surface area contributed by atoms with Gasteiger partial charge in [-0.15, -0.1) is 6.42 Å². The lowest BCUT2D eigenvalue weighted by molar-refractivity contribution is -0.0296. The first-order chi connectivity index (χ1) is 25.9. The number of pyridine rings is 1. The number of phenols is 1. The first-order valence-corrected chi connectivity index (χ1v) is 19.4. The number of ether oxygens (including phenoxy) is 3. The number of anilines is 1. The van der Waals surface area contributed by atoms with Crippen molar-refractivity contribution in [2.75, 3.05) is 57.6 Å². The molecule has 5 aliphatic rings. The molecule has 5 fully saturated rings. The minimum atomic E-state index is -0.717. The van der Waals surface area contributed by atoms with E-state index in [4.69, 9.17) is 30.6 Å². The maximum absolute atomic E-state index is 17.0. The standard InChI is InChI=1S/C42H47F2N5O4/c1-2-30-33(43)8-7-27-22-29(50)23-31(35(27)30)37-36(44)38-32(25-45-37)39(48-15-5-18-51-21-17-48)47-40(46-38)53-26-42-10-3-6-34(42)49(16-4-11-42)28-9-12-41(24-28)13-19-52-20-14-41/h1,7-8,22-23,25,28,34,50H,3-6,9-21,24,26H2/t28?,34-,42-/m1/s1. The third-order valence-corrected chi connectivity index (χ3v) is 13.2. The SMILES string of the molecule is C#Cc1c(F)ccc2cc(O)cc(-c3ncc4c(N5CCCOCC5)nc(OC[C@]56CCC[C@H]5N(C5CCC7(CCOCC7)C5)CCC6)nc4c3F)c12. The predicted octanol–water partition coefficient (Wildman–Crippen LogP) is 7.40. The van der Waals surface area contributed by atoms with Crippen molar-refractivity contribution in [3.8, 4) is 35.4 Å². The van der Waals surface area contributed by atoms with Crippen LogP contribution < -0.4 is 9.64 Å². The predicted molar refractivity (Wildman–Crippen MR) is 199 cm³/mol. The van der Waals surface area contributed by atoms with Crippen LogP contribution in [0.2, 0.25) is 0 Å². The molecule has 0 radical (unpaired) electrons. The number of piperidine rings is 1. The van der Waals surface area contributed by atoms with Crippen LogP contribution in [-0.2, 0) is 9.47 Å². The highest BCUT2D eigenvalue weighted by atomic mass is 19.1. The molecule has 2 aliphatic carbocycles. The Bertz CT molecular complexity index is 2070. The Labute approximate surface area is 309 Å². The Balaban J connectivity index is 1.08. The molecule has 2 aromatic heterocycles. The molecule has 2 aromatic carbocycles. The molecule has 0 amide bonds. The Morgan fingerprint density at radius 3 is 2.66 bits per heavy atom. The normalized spacial score (nSPS) is 26.2. The summed E-state index contributed by atoms with van der Waals surface area (Å²) >= 11 is 0. The van der Waals surface area contributed by atoms with E-state index in [9.17, 15) is 9.50 Å². The highest BCUT2D eigenvalue weighted by Crippen LogP contribution is 2.53. The number of rotatable bonds is 6. The van der Waals surface area contributed by atoms with Crippen molar-refractivity contribution >= 4 is 27.5 Å². The number of likely N-dealkylation sites (tertiary alicyclic amines) is 1. The lowest BCUT2D eigenvalue weighted by Crippen LogP contribution is -2.55. The molecular weight excluding hydrogens is 676 g/mol. The first kappa shape index (κ1) is 34.6. The molecule has 1 spiro atoms. The van der Waals surface area contributed by atoms with Gasteiger partial charge in [0, 0.05) is 67.6 Å². The van der Waals surface area contributed by atoms with Crippen LogP contribution in [0.5, 0.6) is 11.8 Å². The topological polar surface area (TPSA) is 93.1 Å². The maximum Gasteiger partial charge on any atom is 0.319 e. The Morgan fingerprint density at radius 1 is 0.943 bits per heavy atom. The maximum atomic E-state index is 17.0. The lowest BCUT2D eigenvalue weighted by Gasteiger charge is -2.49. The van der Waals surface area contributed by atoms with Gasteiger partial charge in [-0.3, -0.25) is 9.88 Å². The summed E-state index contributed by atoms with van der Waals surface area (Å²) in [5, 5.41) is 11.9. The summed E-state index contributed by atoms with van der Waals surface area (Å²) < 4.78 is 50.2. The number of terminal acetylenes is 1. The number of hydrogen-bond acceptors (Lipinski definition) is 9. The highest BCUT2D eigenvalue weighted by molar-refractivity contribution is 6.03. The Morgan fingerprint density at radius 2 is 1.79 bits per heavy atom.